The first-order valence-corrected chi connectivity index (χ1v) is 6.81. The third-order valence-electron chi connectivity index (χ3n) is 3.44. The van der Waals surface area contributed by atoms with Crippen LogP contribution in [0.15, 0.2) is 18.2 Å². The first-order chi connectivity index (χ1) is 8.34. The molecule has 0 N–H and O–H groups in total. The van der Waals surface area contributed by atoms with Crippen LogP contribution in [0.2, 0.25) is 5.02 Å². The van der Waals surface area contributed by atoms with Gasteiger partial charge in [-0.15, -0.1) is 0 Å². The number of halogens is 1. The number of aromatic nitrogens is 1. The highest BCUT2D eigenvalue weighted by Crippen LogP contribution is 2.32. The minimum absolute atomic E-state index is 0.134. The van der Waals surface area contributed by atoms with E-state index in [1.54, 1.807) is 0 Å². The van der Waals surface area contributed by atoms with Crippen LogP contribution in [-0.2, 0) is 11.8 Å². The molecule has 0 aliphatic carbocycles. The zero-order valence-electron chi connectivity index (χ0n) is 11.8. The molecule has 2 heteroatoms. The summed E-state index contributed by atoms with van der Waals surface area (Å²) in [6, 6.07) is 6.41. The third-order valence-corrected chi connectivity index (χ3v) is 3.87. The Labute approximate surface area is 114 Å². The lowest BCUT2D eigenvalue weighted by molar-refractivity contribution is 0.591. The Balaban J connectivity index is 2.76. The molecule has 0 bridgehead atoms. The van der Waals surface area contributed by atoms with E-state index in [1.807, 2.05) is 6.92 Å². The molecule has 0 radical (unpaired) electrons. The first kappa shape index (κ1) is 13.4. The molecule has 18 heavy (non-hydrogen) atoms. The quantitative estimate of drug-likeness (QED) is 0.699. The number of hydrogen-bond donors (Lipinski definition) is 0. The highest BCUT2D eigenvalue weighted by Gasteiger charge is 2.16. The third kappa shape index (κ3) is 2.24. The van der Waals surface area contributed by atoms with E-state index in [9.17, 15) is 0 Å². The lowest BCUT2D eigenvalue weighted by Gasteiger charge is -2.20. The van der Waals surface area contributed by atoms with E-state index in [1.165, 1.54) is 5.56 Å². The van der Waals surface area contributed by atoms with Crippen molar-refractivity contribution < 1.29 is 0 Å². The standard InChI is InChI=1S/C16H20ClN/c1-6-12-10(2)18-14-8-7-11(16(3,4)5)9-13(14)15(12)17/h7-9H,6H2,1-5H3. The molecule has 1 aromatic carbocycles. The topological polar surface area (TPSA) is 12.9 Å². The van der Waals surface area contributed by atoms with Gasteiger partial charge in [-0.25, -0.2) is 0 Å². The van der Waals surface area contributed by atoms with E-state index < -0.39 is 0 Å². The van der Waals surface area contributed by atoms with Gasteiger partial charge in [0, 0.05) is 11.1 Å². The van der Waals surface area contributed by atoms with Gasteiger partial charge < -0.3 is 0 Å². The second kappa shape index (κ2) is 4.55. The maximum atomic E-state index is 6.53. The first-order valence-electron chi connectivity index (χ1n) is 6.43. The van der Waals surface area contributed by atoms with Crippen molar-refractivity contribution in [3.63, 3.8) is 0 Å². The van der Waals surface area contributed by atoms with E-state index in [0.29, 0.717) is 0 Å². The number of pyridine rings is 1. The summed E-state index contributed by atoms with van der Waals surface area (Å²) in [4.78, 5) is 4.65. The van der Waals surface area contributed by atoms with Crippen molar-refractivity contribution in [2.75, 3.05) is 0 Å². The number of hydrogen-bond acceptors (Lipinski definition) is 1. The average molecular weight is 262 g/mol. The molecule has 1 nitrogen and oxygen atoms in total. The fraction of sp³-hybridized carbons (Fsp3) is 0.438. The van der Waals surface area contributed by atoms with Crippen LogP contribution in [0.3, 0.4) is 0 Å². The van der Waals surface area contributed by atoms with Crippen LogP contribution < -0.4 is 0 Å². The minimum atomic E-state index is 0.134. The number of aryl methyl sites for hydroxylation is 1. The SMILES string of the molecule is CCc1c(C)nc2ccc(C(C)(C)C)cc2c1Cl. The molecule has 0 aliphatic rings. The van der Waals surface area contributed by atoms with Crippen LogP contribution in [-0.4, -0.2) is 4.98 Å². The van der Waals surface area contributed by atoms with Gasteiger partial charge in [0.25, 0.3) is 0 Å². The second-order valence-corrected chi connectivity index (χ2v) is 6.20. The maximum absolute atomic E-state index is 6.53. The smallest absolute Gasteiger partial charge is 0.0720 e. The molecule has 1 heterocycles. The molecule has 1 aromatic heterocycles. The maximum Gasteiger partial charge on any atom is 0.0720 e. The average Bonchev–Trinajstić information content (AvgIpc) is 2.27. The van der Waals surface area contributed by atoms with Crippen LogP contribution in [0.5, 0.6) is 0 Å². The summed E-state index contributed by atoms with van der Waals surface area (Å²) in [5.74, 6) is 0. The Kier molecular flexibility index (Phi) is 3.37. The molecule has 2 rings (SSSR count). The van der Waals surface area contributed by atoms with Gasteiger partial charge >= 0.3 is 0 Å². The Morgan fingerprint density at radius 1 is 1.22 bits per heavy atom. The van der Waals surface area contributed by atoms with Gasteiger partial charge in [-0.05, 0) is 42.0 Å². The fourth-order valence-corrected chi connectivity index (χ4v) is 2.68. The zero-order chi connectivity index (χ0) is 13.5. The van der Waals surface area contributed by atoms with E-state index >= 15 is 0 Å². The molecule has 0 aliphatic heterocycles. The molecule has 96 valence electrons. The molecule has 0 saturated carbocycles. The van der Waals surface area contributed by atoms with Gasteiger partial charge in [-0.3, -0.25) is 4.98 Å². The Bertz CT molecular complexity index is 594. The van der Waals surface area contributed by atoms with Crippen molar-refractivity contribution in [2.24, 2.45) is 0 Å². The molecular formula is C16H20ClN. The summed E-state index contributed by atoms with van der Waals surface area (Å²) in [5.41, 5.74) is 4.62. The van der Waals surface area contributed by atoms with Gasteiger partial charge in [-0.1, -0.05) is 45.4 Å². The number of benzene rings is 1. The molecule has 0 spiro atoms. The largest absolute Gasteiger partial charge is 0.253 e. The van der Waals surface area contributed by atoms with Crippen molar-refractivity contribution >= 4 is 22.5 Å². The van der Waals surface area contributed by atoms with Gasteiger partial charge in [0.05, 0.1) is 10.5 Å². The molecule has 0 saturated heterocycles. The summed E-state index contributed by atoms with van der Waals surface area (Å²) >= 11 is 6.53. The number of nitrogens with zero attached hydrogens (tertiary/aromatic N) is 1. The number of rotatable bonds is 1. The monoisotopic (exact) mass is 261 g/mol. The normalized spacial score (nSPS) is 12.1. The van der Waals surface area contributed by atoms with E-state index in [0.717, 1.165) is 33.6 Å². The van der Waals surface area contributed by atoms with Crippen molar-refractivity contribution in [1.29, 1.82) is 0 Å². The Morgan fingerprint density at radius 3 is 2.44 bits per heavy atom. The Hall–Kier alpha value is -1.08. The van der Waals surface area contributed by atoms with E-state index in [2.05, 4.69) is 50.9 Å². The van der Waals surface area contributed by atoms with E-state index in [-0.39, 0.29) is 5.41 Å². The summed E-state index contributed by atoms with van der Waals surface area (Å²) in [5, 5.41) is 1.94. The second-order valence-electron chi connectivity index (χ2n) is 5.83. The van der Waals surface area contributed by atoms with Crippen molar-refractivity contribution in [3.8, 4) is 0 Å². The predicted octanol–water partition coefficient (Wildman–Crippen LogP) is 5.06. The molecular weight excluding hydrogens is 242 g/mol. The van der Waals surface area contributed by atoms with Crippen molar-refractivity contribution in [3.05, 3.63) is 40.0 Å². The van der Waals surface area contributed by atoms with Crippen LogP contribution >= 0.6 is 11.6 Å². The fourth-order valence-electron chi connectivity index (χ4n) is 2.26. The van der Waals surface area contributed by atoms with Crippen molar-refractivity contribution in [1.82, 2.24) is 4.98 Å². The van der Waals surface area contributed by atoms with Gasteiger partial charge in [-0.2, -0.15) is 0 Å². The summed E-state index contributed by atoms with van der Waals surface area (Å²) in [7, 11) is 0. The lowest BCUT2D eigenvalue weighted by atomic mass is 9.86. The van der Waals surface area contributed by atoms with Gasteiger partial charge in [0.1, 0.15) is 0 Å². The summed E-state index contributed by atoms with van der Waals surface area (Å²) < 4.78 is 0. The molecule has 0 atom stereocenters. The summed E-state index contributed by atoms with van der Waals surface area (Å²) in [6.07, 6.45) is 0.924. The van der Waals surface area contributed by atoms with Crippen LogP contribution in [0.1, 0.15) is 44.5 Å². The van der Waals surface area contributed by atoms with Gasteiger partial charge in [0.15, 0.2) is 0 Å². The lowest BCUT2D eigenvalue weighted by Crippen LogP contribution is -2.10. The summed E-state index contributed by atoms with van der Waals surface area (Å²) in [6.45, 7) is 10.8. The highest BCUT2D eigenvalue weighted by molar-refractivity contribution is 6.36. The number of fused-ring (bicyclic) bond motifs is 1. The Morgan fingerprint density at radius 2 is 1.89 bits per heavy atom. The molecule has 0 fully saturated rings. The zero-order valence-corrected chi connectivity index (χ0v) is 12.5. The molecule has 2 aromatic rings. The highest BCUT2D eigenvalue weighted by atomic mass is 35.5. The van der Waals surface area contributed by atoms with Crippen LogP contribution in [0.25, 0.3) is 10.9 Å². The van der Waals surface area contributed by atoms with E-state index in [4.69, 9.17) is 11.6 Å². The minimum Gasteiger partial charge on any atom is -0.253 e. The van der Waals surface area contributed by atoms with Crippen LogP contribution in [0.4, 0.5) is 0 Å². The van der Waals surface area contributed by atoms with Gasteiger partial charge in [0.2, 0.25) is 0 Å². The molecule has 0 amide bonds. The van der Waals surface area contributed by atoms with Crippen LogP contribution in [0, 0.1) is 6.92 Å². The van der Waals surface area contributed by atoms with Crippen molar-refractivity contribution in [2.45, 2.75) is 46.5 Å². The predicted molar refractivity (Wildman–Crippen MR) is 79.6 cm³/mol. The molecule has 0 unspecified atom stereocenters.